The molecule has 0 N–H and O–H groups in total. The lowest BCUT2D eigenvalue weighted by Gasteiger charge is -2.52. The van der Waals surface area contributed by atoms with E-state index >= 15 is 0 Å². The van der Waals surface area contributed by atoms with Gasteiger partial charge in [-0.25, -0.2) is 0 Å². The Morgan fingerprint density at radius 2 is 0.922 bits per heavy atom. The Hall–Kier alpha value is -7.22. The van der Waals surface area contributed by atoms with E-state index in [-0.39, 0.29) is 11.0 Å². The molecule has 3 atom stereocenters. The number of benzene rings is 11. The van der Waals surface area contributed by atoms with Crippen LogP contribution in [0.25, 0.3) is 98.4 Å². The minimum atomic E-state index is -0.0460. The van der Waals surface area contributed by atoms with Gasteiger partial charge in [-0.2, -0.15) is 0 Å². The third-order valence-electron chi connectivity index (χ3n) is 15.9. The standard InChI is InChI=1S/C63H49N/c1-40-34-35-62(2)58-36-44(28-33-59(58)64(63(62,3)39-40)45-22-8-5-9-23-45)55-38-57(49-27-15-21-42-19-11-13-25-47(42)49)53-31-29-50-54(43-16-6-4-7-17-43)37-56(52-32-30-51(55)61(53)60(50)52)48-26-14-20-41-18-10-12-24-46(41)48/h4-33,36-38,40H,34-35,39H2,1-3H3. The maximum absolute atomic E-state index is 2.70. The Labute approximate surface area is 375 Å². The third kappa shape index (κ3) is 5.25. The van der Waals surface area contributed by atoms with Crippen LogP contribution in [0.5, 0.6) is 0 Å². The highest BCUT2D eigenvalue weighted by molar-refractivity contribution is 6.32. The summed E-state index contributed by atoms with van der Waals surface area (Å²) in [6.45, 7) is 7.56. The van der Waals surface area contributed by atoms with E-state index in [0.717, 1.165) is 6.42 Å². The van der Waals surface area contributed by atoms with Crippen molar-refractivity contribution < 1.29 is 0 Å². The van der Waals surface area contributed by atoms with Crippen molar-refractivity contribution in [3.63, 3.8) is 0 Å². The number of nitrogens with zero attached hydrogens (tertiary/aromatic N) is 1. The monoisotopic (exact) mass is 819 g/mol. The molecule has 1 aliphatic heterocycles. The van der Waals surface area contributed by atoms with Crippen molar-refractivity contribution in [3.8, 4) is 44.5 Å². The molecule has 0 spiro atoms. The number of para-hydroxylation sites is 1. The van der Waals surface area contributed by atoms with Crippen LogP contribution in [0, 0.1) is 5.92 Å². The summed E-state index contributed by atoms with van der Waals surface area (Å²) in [4.78, 5) is 2.70. The van der Waals surface area contributed by atoms with Gasteiger partial charge in [0.05, 0.1) is 5.54 Å². The second kappa shape index (κ2) is 13.9. The molecule has 0 radical (unpaired) electrons. The van der Waals surface area contributed by atoms with Crippen molar-refractivity contribution in [2.75, 3.05) is 4.90 Å². The lowest BCUT2D eigenvalue weighted by molar-refractivity contribution is 0.154. The molecule has 0 bridgehead atoms. The van der Waals surface area contributed by atoms with Gasteiger partial charge in [0.1, 0.15) is 0 Å². The smallest absolute Gasteiger partial charge is 0.0520 e. The van der Waals surface area contributed by atoms with Gasteiger partial charge in [0.25, 0.3) is 0 Å². The van der Waals surface area contributed by atoms with Crippen molar-refractivity contribution in [1.82, 2.24) is 0 Å². The normalized spacial score (nSPS) is 19.5. The second-order valence-corrected chi connectivity index (χ2v) is 19.3. The van der Waals surface area contributed by atoms with Crippen molar-refractivity contribution >= 4 is 65.2 Å². The van der Waals surface area contributed by atoms with Crippen LogP contribution >= 0.6 is 0 Å². The number of hydrogen-bond donors (Lipinski definition) is 0. The van der Waals surface area contributed by atoms with E-state index < -0.39 is 0 Å². The minimum absolute atomic E-state index is 0.0130. The predicted molar refractivity (Wildman–Crippen MR) is 274 cm³/mol. The highest BCUT2D eigenvalue weighted by atomic mass is 15.3. The molecule has 1 nitrogen and oxygen atoms in total. The van der Waals surface area contributed by atoms with Crippen LogP contribution in [0.15, 0.2) is 200 Å². The SMILES string of the molecule is CC1CCC2(C)c3cc(-c4cc(-c5cccc6ccccc56)c5ccc6c(-c7ccccc7)cc(-c7cccc8ccccc78)c7ccc4c5c67)ccc3N(c3ccccc3)C2(C)C1. The van der Waals surface area contributed by atoms with Crippen LogP contribution in [-0.2, 0) is 5.41 Å². The molecule has 1 heteroatoms. The zero-order valence-electron chi connectivity index (χ0n) is 36.7. The van der Waals surface area contributed by atoms with E-state index in [2.05, 4.69) is 226 Å². The van der Waals surface area contributed by atoms with Crippen molar-refractivity contribution in [2.24, 2.45) is 5.92 Å². The van der Waals surface area contributed by atoms with Gasteiger partial charge in [-0.05, 0) is 172 Å². The minimum Gasteiger partial charge on any atom is -0.334 e. The molecule has 306 valence electrons. The van der Waals surface area contributed by atoms with Gasteiger partial charge in [0.2, 0.25) is 0 Å². The Bertz CT molecular complexity index is 3630. The summed E-state index contributed by atoms with van der Waals surface area (Å²) in [5.41, 5.74) is 14.2. The first-order valence-corrected chi connectivity index (χ1v) is 23.2. The van der Waals surface area contributed by atoms with E-state index in [0.29, 0.717) is 5.92 Å². The molecule has 13 rings (SSSR count). The largest absolute Gasteiger partial charge is 0.334 e. The average molecular weight is 820 g/mol. The molecule has 1 heterocycles. The topological polar surface area (TPSA) is 3.24 Å². The number of rotatable bonds is 5. The van der Waals surface area contributed by atoms with Gasteiger partial charge in [-0.15, -0.1) is 0 Å². The Morgan fingerprint density at radius 1 is 0.422 bits per heavy atom. The van der Waals surface area contributed by atoms with E-state index in [1.54, 1.807) is 0 Å². The molecule has 64 heavy (non-hydrogen) atoms. The lowest BCUT2D eigenvalue weighted by atomic mass is 9.59. The summed E-state index contributed by atoms with van der Waals surface area (Å²) >= 11 is 0. The summed E-state index contributed by atoms with van der Waals surface area (Å²) in [6.07, 6.45) is 3.57. The summed E-state index contributed by atoms with van der Waals surface area (Å²) < 4.78 is 0. The van der Waals surface area contributed by atoms with Gasteiger partial charge in [-0.3, -0.25) is 0 Å². The molecule has 0 saturated heterocycles. The van der Waals surface area contributed by atoms with Gasteiger partial charge >= 0.3 is 0 Å². The van der Waals surface area contributed by atoms with E-state index in [9.17, 15) is 0 Å². The summed E-state index contributed by atoms with van der Waals surface area (Å²) in [7, 11) is 0. The molecule has 1 saturated carbocycles. The van der Waals surface area contributed by atoms with Crippen LogP contribution in [0.2, 0.25) is 0 Å². The van der Waals surface area contributed by atoms with E-state index in [1.165, 1.54) is 128 Å². The average Bonchev–Trinajstić information content (AvgIpc) is 3.54. The fourth-order valence-electron chi connectivity index (χ4n) is 12.6. The molecule has 11 aromatic rings. The number of hydrogen-bond acceptors (Lipinski definition) is 1. The maximum atomic E-state index is 2.70. The van der Waals surface area contributed by atoms with Gasteiger partial charge in [-0.1, -0.05) is 178 Å². The zero-order valence-corrected chi connectivity index (χ0v) is 36.7. The quantitative estimate of drug-likeness (QED) is 0.156. The van der Waals surface area contributed by atoms with Crippen LogP contribution < -0.4 is 4.90 Å². The van der Waals surface area contributed by atoms with Crippen LogP contribution in [0.1, 0.15) is 45.6 Å². The highest BCUT2D eigenvalue weighted by Gasteiger charge is 2.58. The molecule has 0 aromatic heterocycles. The highest BCUT2D eigenvalue weighted by Crippen LogP contribution is 2.62. The van der Waals surface area contributed by atoms with Crippen LogP contribution in [0.4, 0.5) is 11.4 Å². The number of anilines is 2. The summed E-state index contributed by atoms with van der Waals surface area (Å²) in [5.74, 6) is 0.665. The Morgan fingerprint density at radius 3 is 1.52 bits per heavy atom. The first-order chi connectivity index (χ1) is 31.4. The third-order valence-corrected chi connectivity index (χ3v) is 15.9. The fourth-order valence-corrected chi connectivity index (χ4v) is 12.6. The Balaban J connectivity index is 1.15. The lowest BCUT2D eigenvalue weighted by Crippen LogP contribution is -2.56. The molecule has 11 aromatic carbocycles. The molecule has 2 aliphatic rings. The maximum Gasteiger partial charge on any atom is 0.0520 e. The fraction of sp³-hybridized carbons (Fsp3) is 0.143. The second-order valence-electron chi connectivity index (χ2n) is 19.3. The summed E-state index contributed by atoms with van der Waals surface area (Å²) in [5, 5.41) is 12.9. The zero-order chi connectivity index (χ0) is 42.7. The molecule has 1 aliphatic carbocycles. The van der Waals surface area contributed by atoms with Crippen LogP contribution in [0.3, 0.4) is 0 Å². The van der Waals surface area contributed by atoms with Crippen molar-refractivity contribution in [3.05, 3.63) is 206 Å². The van der Waals surface area contributed by atoms with Gasteiger partial charge < -0.3 is 4.90 Å². The Kier molecular flexibility index (Phi) is 8.10. The first kappa shape index (κ1) is 37.3. The van der Waals surface area contributed by atoms with E-state index in [4.69, 9.17) is 0 Å². The molecule has 3 unspecified atom stereocenters. The van der Waals surface area contributed by atoms with Crippen LogP contribution in [-0.4, -0.2) is 5.54 Å². The van der Waals surface area contributed by atoms with E-state index in [1.807, 2.05) is 0 Å². The molecule has 0 amide bonds. The summed E-state index contributed by atoms with van der Waals surface area (Å²) in [6, 6.07) is 75.7. The van der Waals surface area contributed by atoms with Crippen molar-refractivity contribution in [1.29, 1.82) is 0 Å². The first-order valence-electron chi connectivity index (χ1n) is 23.2. The molecular weight excluding hydrogens is 771 g/mol. The van der Waals surface area contributed by atoms with Gasteiger partial charge in [0.15, 0.2) is 0 Å². The van der Waals surface area contributed by atoms with Crippen molar-refractivity contribution in [2.45, 2.75) is 51.0 Å². The molecule has 1 fully saturated rings. The molecular formula is C63H49N. The number of fused-ring (bicyclic) bond motifs is 5. The predicted octanol–water partition coefficient (Wildman–Crippen LogP) is 17.5. The van der Waals surface area contributed by atoms with Gasteiger partial charge in [0, 0.05) is 16.8 Å².